The van der Waals surface area contributed by atoms with Gasteiger partial charge in [-0.05, 0) is 51.4 Å². The number of aromatic amines is 1. The first-order chi connectivity index (χ1) is 7.95. The Morgan fingerprint density at radius 2 is 2.25 bits per heavy atom. The van der Waals surface area contributed by atoms with E-state index in [4.69, 9.17) is 0 Å². The molecule has 5 heteroatoms. The van der Waals surface area contributed by atoms with Crippen molar-refractivity contribution in [1.29, 1.82) is 0 Å². The third-order valence-corrected chi connectivity index (χ3v) is 3.12. The van der Waals surface area contributed by atoms with Crippen molar-refractivity contribution in [3.63, 3.8) is 0 Å². The van der Waals surface area contributed by atoms with Gasteiger partial charge in [-0.15, -0.1) is 0 Å². The summed E-state index contributed by atoms with van der Waals surface area (Å²) >= 11 is 0. The third-order valence-electron chi connectivity index (χ3n) is 3.12. The molecule has 0 saturated carbocycles. The summed E-state index contributed by atoms with van der Waals surface area (Å²) in [6.07, 6.45) is 6.31. The molecule has 5 nitrogen and oxygen atoms in total. The second-order valence-electron chi connectivity index (χ2n) is 4.43. The highest BCUT2D eigenvalue weighted by molar-refractivity contribution is 4.79. The van der Waals surface area contributed by atoms with Crippen LogP contribution in [0, 0.1) is 5.92 Å². The van der Waals surface area contributed by atoms with E-state index in [1.807, 2.05) is 0 Å². The quantitative estimate of drug-likeness (QED) is 0.608. The van der Waals surface area contributed by atoms with Crippen LogP contribution in [-0.4, -0.2) is 41.4 Å². The zero-order chi connectivity index (χ0) is 11.1. The van der Waals surface area contributed by atoms with E-state index in [9.17, 15) is 0 Å². The van der Waals surface area contributed by atoms with Crippen LogP contribution < -0.4 is 10.6 Å². The van der Waals surface area contributed by atoms with Crippen LogP contribution >= 0.6 is 0 Å². The van der Waals surface area contributed by atoms with Crippen LogP contribution in [0.4, 0.5) is 0 Å². The fourth-order valence-electron chi connectivity index (χ4n) is 2.12. The molecule has 2 heterocycles. The van der Waals surface area contributed by atoms with Gasteiger partial charge in [-0.2, -0.15) is 5.10 Å². The Balaban J connectivity index is 1.48. The van der Waals surface area contributed by atoms with Crippen LogP contribution in [0.15, 0.2) is 6.33 Å². The van der Waals surface area contributed by atoms with Gasteiger partial charge in [-0.25, -0.2) is 4.98 Å². The molecule has 0 bridgehead atoms. The van der Waals surface area contributed by atoms with E-state index in [1.54, 1.807) is 6.33 Å². The summed E-state index contributed by atoms with van der Waals surface area (Å²) in [6.45, 7) is 4.61. The van der Waals surface area contributed by atoms with Crippen molar-refractivity contribution in [2.75, 3.05) is 26.2 Å². The zero-order valence-corrected chi connectivity index (χ0v) is 9.71. The summed E-state index contributed by atoms with van der Waals surface area (Å²) in [7, 11) is 0. The Morgan fingerprint density at radius 3 is 3.00 bits per heavy atom. The third kappa shape index (κ3) is 3.90. The number of aryl methyl sites for hydroxylation is 1. The van der Waals surface area contributed by atoms with Crippen molar-refractivity contribution in [1.82, 2.24) is 25.8 Å². The van der Waals surface area contributed by atoms with E-state index >= 15 is 0 Å². The van der Waals surface area contributed by atoms with Gasteiger partial charge in [0.1, 0.15) is 12.2 Å². The molecule has 3 N–H and O–H groups in total. The molecule has 0 unspecified atom stereocenters. The summed E-state index contributed by atoms with van der Waals surface area (Å²) in [5.74, 6) is 1.86. The monoisotopic (exact) mass is 223 g/mol. The van der Waals surface area contributed by atoms with Crippen LogP contribution in [0.5, 0.6) is 0 Å². The van der Waals surface area contributed by atoms with Gasteiger partial charge in [0.2, 0.25) is 0 Å². The highest BCUT2D eigenvalue weighted by Gasteiger charge is 2.11. The van der Waals surface area contributed by atoms with Gasteiger partial charge >= 0.3 is 0 Å². The molecular formula is C11H21N5. The highest BCUT2D eigenvalue weighted by atomic mass is 15.2. The van der Waals surface area contributed by atoms with Crippen molar-refractivity contribution in [2.45, 2.75) is 25.7 Å². The standard InChI is InChI=1S/C11H21N5/c1(2-11-14-9-15-16-11)5-13-8-10-3-6-12-7-4-10/h9-10,12-13H,1-8H2,(H,14,15,16). The predicted octanol–water partition coefficient (Wildman–Crippen LogP) is 0.326. The number of rotatable bonds is 6. The molecule has 1 saturated heterocycles. The number of piperidine rings is 1. The lowest BCUT2D eigenvalue weighted by Gasteiger charge is -2.22. The second kappa shape index (κ2) is 6.60. The lowest BCUT2D eigenvalue weighted by Crippen LogP contribution is -2.34. The van der Waals surface area contributed by atoms with Gasteiger partial charge in [-0.3, -0.25) is 5.10 Å². The minimum Gasteiger partial charge on any atom is -0.317 e. The molecule has 1 aromatic rings. The predicted molar refractivity (Wildman–Crippen MR) is 63.2 cm³/mol. The van der Waals surface area contributed by atoms with E-state index in [0.717, 1.165) is 37.7 Å². The largest absolute Gasteiger partial charge is 0.317 e. The molecule has 0 amide bonds. The maximum atomic E-state index is 4.10. The van der Waals surface area contributed by atoms with Gasteiger partial charge in [0.15, 0.2) is 0 Å². The molecular weight excluding hydrogens is 202 g/mol. The molecule has 0 radical (unpaired) electrons. The van der Waals surface area contributed by atoms with Crippen LogP contribution in [0.25, 0.3) is 0 Å². The normalized spacial score (nSPS) is 17.8. The fourth-order valence-corrected chi connectivity index (χ4v) is 2.12. The van der Waals surface area contributed by atoms with Gasteiger partial charge in [0.25, 0.3) is 0 Å². The molecule has 90 valence electrons. The van der Waals surface area contributed by atoms with E-state index < -0.39 is 0 Å². The molecule has 2 rings (SSSR count). The molecule has 1 aliphatic heterocycles. The first-order valence-corrected chi connectivity index (χ1v) is 6.21. The van der Waals surface area contributed by atoms with E-state index in [0.29, 0.717) is 0 Å². The molecule has 16 heavy (non-hydrogen) atoms. The second-order valence-corrected chi connectivity index (χ2v) is 4.43. The smallest absolute Gasteiger partial charge is 0.137 e. The summed E-state index contributed by atoms with van der Waals surface area (Å²) in [4.78, 5) is 4.10. The summed E-state index contributed by atoms with van der Waals surface area (Å²) in [6, 6.07) is 0. The molecule has 1 fully saturated rings. The van der Waals surface area contributed by atoms with Crippen molar-refractivity contribution >= 4 is 0 Å². The van der Waals surface area contributed by atoms with E-state index in [1.165, 1.54) is 25.9 Å². The van der Waals surface area contributed by atoms with Crippen molar-refractivity contribution in [3.8, 4) is 0 Å². The maximum absolute atomic E-state index is 4.10. The molecule has 1 aromatic heterocycles. The Kier molecular flexibility index (Phi) is 4.76. The summed E-state index contributed by atoms with van der Waals surface area (Å²) in [5.41, 5.74) is 0. The number of nitrogens with zero attached hydrogens (tertiary/aromatic N) is 2. The summed E-state index contributed by atoms with van der Waals surface area (Å²) in [5, 5.41) is 13.6. The summed E-state index contributed by atoms with van der Waals surface area (Å²) < 4.78 is 0. The number of H-pyrrole nitrogens is 1. The topological polar surface area (TPSA) is 65.6 Å². The highest BCUT2D eigenvalue weighted by Crippen LogP contribution is 2.09. The maximum Gasteiger partial charge on any atom is 0.137 e. The van der Waals surface area contributed by atoms with Crippen LogP contribution in [0.1, 0.15) is 25.1 Å². The first-order valence-electron chi connectivity index (χ1n) is 6.21. The Hall–Kier alpha value is -0.940. The van der Waals surface area contributed by atoms with Crippen molar-refractivity contribution in [2.24, 2.45) is 5.92 Å². The molecule has 1 aliphatic rings. The van der Waals surface area contributed by atoms with Crippen molar-refractivity contribution < 1.29 is 0 Å². The lowest BCUT2D eigenvalue weighted by atomic mass is 9.98. The van der Waals surface area contributed by atoms with Gasteiger partial charge in [-0.1, -0.05) is 0 Å². The number of hydrogen-bond acceptors (Lipinski definition) is 4. The number of nitrogens with one attached hydrogen (secondary N) is 3. The number of aromatic nitrogens is 3. The molecule has 0 aliphatic carbocycles. The van der Waals surface area contributed by atoms with Gasteiger partial charge < -0.3 is 10.6 Å². The minimum atomic E-state index is 0.867. The van der Waals surface area contributed by atoms with Crippen LogP contribution in [-0.2, 0) is 6.42 Å². The number of hydrogen-bond donors (Lipinski definition) is 3. The first kappa shape index (κ1) is 11.5. The van der Waals surface area contributed by atoms with Gasteiger partial charge in [0.05, 0.1) is 0 Å². The Morgan fingerprint density at radius 1 is 1.38 bits per heavy atom. The van der Waals surface area contributed by atoms with Crippen LogP contribution in [0.2, 0.25) is 0 Å². The zero-order valence-electron chi connectivity index (χ0n) is 9.71. The minimum absolute atomic E-state index is 0.867. The SMILES string of the molecule is c1n[nH]c(CCCNCC2CCNCC2)n1. The molecule has 0 atom stereocenters. The Bertz CT molecular complexity index is 266. The van der Waals surface area contributed by atoms with Crippen molar-refractivity contribution in [3.05, 3.63) is 12.2 Å². The average Bonchev–Trinajstić information content (AvgIpc) is 2.83. The van der Waals surface area contributed by atoms with E-state index in [2.05, 4.69) is 25.8 Å². The average molecular weight is 223 g/mol. The van der Waals surface area contributed by atoms with E-state index in [-0.39, 0.29) is 0 Å². The lowest BCUT2D eigenvalue weighted by molar-refractivity contribution is 0.356. The molecule has 0 spiro atoms. The van der Waals surface area contributed by atoms with Crippen LogP contribution in [0.3, 0.4) is 0 Å². The van der Waals surface area contributed by atoms with Gasteiger partial charge in [0, 0.05) is 6.42 Å². The Labute approximate surface area is 96.4 Å². The fraction of sp³-hybridized carbons (Fsp3) is 0.818. The molecule has 0 aromatic carbocycles.